The number of hydrogen-bond donors (Lipinski definition) is 0. The lowest BCUT2D eigenvalue weighted by Gasteiger charge is -2.09. The Morgan fingerprint density at radius 3 is 2.59 bits per heavy atom. The molecule has 0 amide bonds. The monoisotopic (exact) mass is 300 g/mol. The SMILES string of the molecule is O=C(C[n+]1ccccc1C1OCCO1)OCc1ccccc1. The minimum atomic E-state index is -0.414. The summed E-state index contributed by atoms with van der Waals surface area (Å²) in [5.74, 6) is -0.292. The molecule has 22 heavy (non-hydrogen) atoms. The number of pyridine rings is 1. The number of hydrogen-bond acceptors (Lipinski definition) is 4. The first-order valence-corrected chi connectivity index (χ1v) is 7.24. The van der Waals surface area contributed by atoms with Gasteiger partial charge in [-0.2, -0.15) is 4.57 Å². The molecule has 2 aromatic rings. The Balaban J connectivity index is 1.61. The van der Waals surface area contributed by atoms with Crippen molar-refractivity contribution in [2.45, 2.75) is 19.4 Å². The van der Waals surface area contributed by atoms with Gasteiger partial charge in [0.15, 0.2) is 6.20 Å². The van der Waals surface area contributed by atoms with E-state index in [0.29, 0.717) is 13.2 Å². The Labute approximate surface area is 129 Å². The molecule has 1 aliphatic heterocycles. The van der Waals surface area contributed by atoms with Crippen LogP contribution >= 0.6 is 0 Å². The zero-order valence-electron chi connectivity index (χ0n) is 12.2. The Morgan fingerprint density at radius 2 is 1.82 bits per heavy atom. The van der Waals surface area contributed by atoms with E-state index in [1.807, 2.05) is 54.7 Å². The molecule has 0 saturated carbocycles. The van der Waals surface area contributed by atoms with Crippen molar-refractivity contribution >= 4 is 5.97 Å². The topological polar surface area (TPSA) is 48.6 Å². The van der Waals surface area contributed by atoms with E-state index in [1.54, 1.807) is 4.57 Å². The van der Waals surface area contributed by atoms with Gasteiger partial charge in [-0.25, -0.2) is 4.79 Å². The number of carbonyl (C=O) groups is 1. The van der Waals surface area contributed by atoms with Crippen LogP contribution in [0.5, 0.6) is 0 Å². The van der Waals surface area contributed by atoms with Gasteiger partial charge in [-0.15, -0.1) is 0 Å². The van der Waals surface area contributed by atoms with Gasteiger partial charge in [-0.3, -0.25) is 0 Å². The fourth-order valence-electron chi connectivity index (χ4n) is 2.30. The second kappa shape index (κ2) is 7.15. The van der Waals surface area contributed by atoms with Crippen molar-refractivity contribution in [2.75, 3.05) is 13.2 Å². The third-order valence-corrected chi connectivity index (χ3v) is 3.38. The van der Waals surface area contributed by atoms with E-state index in [0.717, 1.165) is 11.3 Å². The summed E-state index contributed by atoms with van der Waals surface area (Å²) in [7, 11) is 0. The summed E-state index contributed by atoms with van der Waals surface area (Å²) >= 11 is 0. The van der Waals surface area contributed by atoms with Crippen molar-refractivity contribution < 1.29 is 23.6 Å². The normalized spacial score (nSPS) is 14.9. The lowest BCUT2D eigenvalue weighted by Crippen LogP contribution is -2.43. The van der Waals surface area contributed by atoms with Gasteiger partial charge in [-0.1, -0.05) is 30.3 Å². The lowest BCUT2D eigenvalue weighted by molar-refractivity contribution is -0.699. The van der Waals surface area contributed by atoms with Crippen LogP contribution in [-0.2, 0) is 32.2 Å². The highest BCUT2D eigenvalue weighted by atomic mass is 16.7. The second-order valence-electron chi connectivity index (χ2n) is 4.97. The van der Waals surface area contributed by atoms with Gasteiger partial charge < -0.3 is 14.2 Å². The molecule has 1 fully saturated rings. The summed E-state index contributed by atoms with van der Waals surface area (Å²) in [6.07, 6.45) is 1.41. The Morgan fingerprint density at radius 1 is 1.09 bits per heavy atom. The van der Waals surface area contributed by atoms with E-state index < -0.39 is 6.29 Å². The third kappa shape index (κ3) is 3.69. The van der Waals surface area contributed by atoms with Crippen LogP contribution in [0.25, 0.3) is 0 Å². The number of ether oxygens (including phenoxy) is 3. The maximum Gasteiger partial charge on any atom is 0.373 e. The second-order valence-corrected chi connectivity index (χ2v) is 4.97. The van der Waals surface area contributed by atoms with Crippen molar-refractivity contribution in [3.05, 3.63) is 66.0 Å². The van der Waals surface area contributed by atoms with E-state index in [-0.39, 0.29) is 19.1 Å². The average Bonchev–Trinajstić information content (AvgIpc) is 3.09. The number of nitrogens with zero attached hydrogens (tertiary/aromatic N) is 1. The minimum Gasteiger partial charge on any atom is -0.456 e. The van der Waals surface area contributed by atoms with Gasteiger partial charge >= 0.3 is 5.97 Å². The molecule has 0 radical (unpaired) electrons. The number of carbonyl (C=O) groups excluding carboxylic acids is 1. The fraction of sp³-hybridized carbons (Fsp3) is 0.294. The average molecular weight is 300 g/mol. The number of aromatic nitrogens is 1. The standard InChI is InChI=1S/C17H18NO4/c19-16(22-13-14-6-2-1-3-7-14)12-18-9-5-4-8-15(18)17-20-10-11-21-17/h1-9,17H,10-13H2/q+1. The van der Waals surface area contributed by atoms with Gasteiger partial charge in [0.1, 0.15) is 6.61 Å². The zero-order valence-corrected chi connectivity index (χ0v) is 12.2. The maximum absolute atomic E-state index is 12.0. The van der Waals surface area contributed by atoms with Crippen molar-refractivity contribution in [3.63, 3.8) is 0 Å². The predicted octanol–water partition coefficient (Wildman–Crippen LogP) is 1.76. The maximum atomic E-state index is 12.0. The molecule has 1 aromatic carbocycles. The Hall–Kier alpha value is -2.24. The first kappa shape index (κ1) is 14.7. The van der Waals surface area contributed by atoms with Crippen molar-refractivity contribution in [1.29, 1.82) is 0 Å². The Kier molecular flexibility index (Phi) is 4.78. The molecule has 1 saturated heterocycles. The van der Waals surface area contributed by atoms with E-state index in [2.05, 4.69) is 0 Å². The van der Waals surface area contributed by atoms with Crippen LogP contribution in [-0.4, -0.2) is 19.2 Å². The van der Waals surface area contributed by atoms with Crippen molar-refractivity contribution in [2.24, 2.45) is 0 Å². The van der Waals surface area contributed by atoms with Crippen LogP contribution < -0.4 is 4.57 Å². The van der Waals surface area contributed by atoms with E-state index in [9.17, 15) is 4.79 Å². The van der Waals surface area contributed by atoms with Crippen molar-refractivity contribution in [1.82, 2.24) is 0 Å². The van der Waals surface area contributed by atoms with Crippen molar-refractivity contribution in [3.8, 4) is 0 Å². The summed E-state index contributed by atoms with van der Waals surface area (Å²) in [5, 5.41) is 0. The number of esters is 1. The van der Waals surface area contributed by atoms with Gasteiger partial charge in [-0.05, 0) is 11.6 Å². The molecular weight excluding hydrogens is 282 g/mol. The van der Waals surface area contributed by atoms with Crippen LogP contribution in [0, 0.1) is 0 Å². The molecule has 114 valence electrons. The van der Waals surface area contributed by atoms with Gasteiger partial charge in [0, 0.05) is 12.1 Å². The Bertz CT molecular complexity index is 624. The summed E-state index contributed by atoms with van der Waals surface area (Å²) in [6.45, 7) is 1.54. The highest BCUT2D eigenvalue weighted by Gasteiger charge is 2.28. The first-order chi connectivity index (χ1) is 10.8. The lowest BCUT2D eigenvalue weighted by atomic mass is 10.2. The molecule has 1 aliphatic rings. The summed E-state index contributed by atoms with van der Waals surface area (Å²) in [4.78, 5) is 12.0. The van der Waals surface area contributed by atoms with Crippen LogP contribution in [0.2, 0.25) is 0 Å². The predicted molar refractivity (Wildman–Crippen MR) is 77.5 cm³/mol. The molecule has 2 heterocycles. The summed E-state index contributed by atoms with van der Waals surface area (Å²) in [6, 6.07) is 15.3. The largest absolute Gasteiger partial charge is 0.456 e. The van der Waals surface area contributed by atoms with Gasteiger partial charge in [0.05, 0.1) is 13.2 Å². The zero-order chi connectivity index (χ0) is 15.2. The molecule has 5 nitrogen and oxygen atoms in total. The van der Waals surface area contributed by atoms with Gasteiger partial charge in [0.2, 0.25) is 18.5 Å². The molecule has 0 spiro atoms. The molecule has 0 atom stereocenters. The molecule has 3 rings (SSSR count). The van der Waals surface area contributed by atoms with Crippen LogP contribution in [0.1, 0.15) is 17.5 Å². The van der Waals surface area contributed by atoms with E-state index in [4.69, 9.17) is 14.2 Å². The van der Waals surface area contributed by atoms with E-state index in [1.165, 1.54) is 0 Å². The van der Waals surface area contributed by atoms with Crippen LogP contribution in [0.3, 0.4) is 0 Å². The molecule has 0 N–H and O–H groups in total. The smallest absolute Gasteiger partial charge is 0.373 e. The van der Waals surface area contributed by atoms with Crippen LogP contribution in [0.15, 0.2) is 54.7 Å². The summed E-state index contributed by atoms with van der Waals surface area (Å²) in [5.41, 5.74) is 1.79. The highest BCUT2D eigenvalue weighted by molar-refractivity contribution is 5.67. The first-order valence-electron chi connectivity index (χ1n) is 7.24. The molecule has 0 bridgehead atoms. The molecule has 0 unspecified atom stereocenters. The molecular formula is C17H18NO4+. The van der Waals surface area contributed by atoms with Crippen LogP contribution in [0.4, 0.5) is 0 Å². The van der Waals surface area contributed by atoms with Gasteiger partial charge in [0.25, 0.3) is 0 Å². The highest BCUT2D eigenvalue weighted by Crippen LogP contribution is 2.19. The third-order valence-electron chi connectivity index (χ3n) is 3.38. The minimum absolute atomic E-state index is 0.131. The fourth-order valence-corrected chi connectivity index (χ4v) is 2.30. The van der Waals surface area contributed by atoms with E-state index >= 15 is 0 Å². The summed E-state index contributed by atoms with van der Waals surface area (Å²) < 4.78 is 18.1. The quantitative estimate of drug-likeness (QED) is 0.624. The molecule has 0 aliphatic carbocycles. The number of benzene rings is 1. The number of rotatable bonds is 5. The molecule has 1 aromatic heterocycles. The molecule has 5 heteroatoms.